The second-order valence-corrected chi connectivity index (χ2v) is 8.59. The standard InChI is InChI=1S/C20H19FN2OS2/c1-13-4-5-16(15(21)11-13)22-19(24)12-23-8-6-17-14(7-10-26-17)20(23)18-3-2-9-25-18/h2-5,7,9-11,20H,6,8,12H2,1H3,(H,22,24)/p+1/t20-/m0/s1. The first-order chi connectivity index (χ1) is 12.6. The van der Waals surface area contributed by atoms with E-state index in [1.54, 1.807) is 34.8 Å². The summed E-state index contributed by atoms with van der Waals surface area (Å²) in [6.45, 7) is 3.06. The molecule has 3 nitrogen and oxygen atoms in total. The summed E-state index contributed by atoms with van der Waals surface area (Å²) in [5.41, 5.74) is 2.42. The number of rotatable bonds is 4. The fourth-order valence-electron chi connectivity index (χ4n) is 3.57. The van der Waals surface area contributed by atoms with E-state index in [2.05, 4.69) is 34.3 Å². The molecule has 6 heteroatoms. The normalized spacial score (nSPS) is 19.2. The van der Waals surface area contributed by atoms with Crippen LogP contribution in [0.5, 0.6) is 0 Å². The van der Waals surface area contributed by atoms with Gasteiger partial charge in [0.05, 0.1) is 17.1 Å². The number of halogens is 1. The Hall–Kier alpha value is -2.02. The molecule has 3 aromatic rings. The highest BCUT2D eigenvalue weighted by atomic mass is 32.1. The van der Waals surface area contributed by atoms with Crippen LogP contribution in [-0.4, -0.2) is 19.0 Å². The first-order valence-corrected chi connectivity index (χ1v) is 10.4. The van der Waals surface area contributed by atoms with Crippen LogP contribution in [0.1, 0.15) is 26.9 Å². The Morgan fingerprint density at radius 3 is 2.92 bits per heavy atom. The number of fused-ring (bicyclic) bond motifs is 1. The molecule has 2 atom stereocenters. The number of aryl methyl sites for hydroxylation is 1. The van der Waals surface area contributed by atoms with Crippen LogP contribution >= 0.6 is 22.7 Å². The van der Waals surface area contributed by atoms with Crippen LogP contribution in [-0.2, 0) is 11.2 Å². The number of carbonyl (C=O) groups excluding carboxylic acids is 1. The molecule has 134 valence electrons. The molecule has 0 fully saturated rings. The summed E-state index contributed by atoms with van der Waals surface area (Å²) in [5, 5.41) is 6.95. The second-order valence-electron chi connectivity index (χ2n) is 6.61. The predicted molar refractivity (Wildman–Crippen MR) is 105 cm³/mol. The van der Waals surface area contributed by atoms with E-state index in [-0.39, 0.29) is 23.5 Å². The van der Waals surface area contributed by atoms with E-state index in [1.807, 2.05) is 6.92 Å². The largest absolute Gasteiger partial charge is 0.319 e. The van der Waals surface area contributed by atoms with Crippen LogP contribution in [0.3, 0.4) is 0 Å². The molecule has 2 N–H and O–H groups in total. The van der Waals surface area contributed by atoms with Gasteiger partial charge in [0.25, 0.3) is 5.91 Å². The number of thiophene rings is 2. The van der Waals surface area contributed by atoms with Gasteiger partial charge in [-0.2, -0.15) is 0 Å². The maximum Gasteiger partial charge on any atom is 0.279 e. The smallest absolute Gasteiger partial charge is 0.279 e. The lowest BCUT2D eigenvalue weighted by atomic mass is 9.98. The van der Waals surface area contributed by atoms with Crippen molar-refractivity contribution < 1.29 is 14.1 Å². The van der Waals surface area contributed by atoms with Crippen molar-refractivity contribution in [1.82, 2.24) is 0 Å². The molecule has 0 radical (unpaired) electrons. The van der Waals surface area contributed by atoms with Gasteiger partial charge in [-0.15, -0.1) is 22.7 Å². The lowest BCUT2D eigenvalue weighted by Gasteiger charge is -2.31. The van der Waals surface area contributed by atoms with Crippen molar-refractivity contribution in [3.8, 4) is 0 Å². The fraction of sp³-hybridized carbons (Fsp3) is 0.250. The van der Waals surface area contributed by atoms with Crippen molar-refractivity contribution >= 4 is 34.3 Å². The molecule has 1 amide bonds. The lowest BCUT2D eigenvalue weighted by Crippen LogP contribution is -3.14. The van der Waals surface area contributed by atoms with Crippen molar-refractivity contribution in [2.75, 3.05) is 18.4 Å². The van der Waals surface area contributed by atoms with Gasteiger partial charge in [-0.05, 0) is 47.5 Å². The molecule has 1 unspecified atom stereocenters. The Kier molecular flexibility index (Phi) is 4.89. The van der Waals surface area contributed by atoms with E-state index in [0.29, 0.717) is 6.54 Å². The van der Waals surface area contributed by atoms with Gasteiger partial charge in [0, 0.05) is 16.9 Å². The average molecular weight is 388 g/mol. The van der Waals surface area contributed by atoms with E-state index in [4.69, 9.17) is 0 Å². The van der Waals surface area contributed by atoms with Crippen molar-refractivity contribution in [3.63, 3.8) is 0 Å². The number of quaternary nitrogens is 1. The van der Waals surface area contributed by atoms with Crippen LogP contribution in [0.25, 0.3) is 0 Å². The summed E-state index contributed by atoms with van der Waals surface area (Å²) in [7, 11) is 0. The summed E-state index contributed by atoms with van der Waals surface area (Å²) in [5.74, 6) is -0.537. The molecule has 0 saturated heterocycles. The minimum Gasteiger partial charge on any atom is -0.319 e. The number of anilines is 1. The van der Waals surface area contributed by atoms with Gasteiger partial charge < -0.3 is 10.2 Å². The topological polar surface area (TPSA) is 33.5 Å². The highest BCUT2D eigenvalue weighted by Gasteiger charge is 2.35. The fourth-order valence-corrected chi connectivity index (χ4v) is 5.39. The van der Waals surface area contributed by atoms with E-state index < -0.39 is 0 Å². The van der Waals surface area contributed by atoms with Crippen molar-refractivity contribution in [2.45, 2.75) is 19.4 Å². The third-order valence-corrected chi connectivity index (χ3v) is 6.72. The molecule has 2 aromatic heterocycles. The first kappa shape index (κ1) is 17.4. The van der Waals surface area contributed by atoms with Gasteiger partial charge in [-0.3, -0.25) is 4.79 Å². The Morgan fingerprint density at radius 1 is 1.27 bits per heavy atom. The Balaban J connectivity index is 1.54. The molecule has 1 aliphatic rings. The van der Waals surface area contributed by atoms with Gasteiger partial charge in [0.1, 0.15) is 11.9 Å². The number of hydrogen-bond donors (Lipinski definition) is 2. The SMILES string of the molecule is Cc1ccc(NC(=O)C[NH+]2CCc3sccc3[C@H]2c2cccs2)c(F)c1. The summed E-state index contributed by atoms with van der Waals surface area (Å²) in [4.78, 5) is 16.5. The molecule has 0 aliphatic carbocycles. The van der Waals surface area contributed by atoms with E-state index >= 15 is 0 Å². The zero-order valence-electron chi connectivity index (χ0n) is 14.4. The number of benzene rings is 1. The van der Waals surface area contributed by atoms with Crippen molar-refractivity contribution in [2.24, 2.45) is 0 Å². The minimum absolute atomic E-state index is 0.150. The zero-order valence-corrected chi connectivity index (χ0v) is 16.1. The lowest BCUT2D eigenvalue weighted by molar-refractivity contribution is -0.919. The summed E-state index contributed by atoms with van der Waals surface area (Å²) in [6, 6.07) is 11.4. The maximum absolute atomic E-state index is 14.0. The van der Waals surface area contributed by atoms with Gasteiger partial charge in [0.15, 0.2) is 6.54 Å². The highest BCUT2D eigenvalue weighted by molar-refractivity contribution is 7.10. The molecule has 0 bridgehead atoms. The van der Waals surface area contributed by atoms with Crippen LogP contribution < -0.4 is 10.2 Å². The summed E-state index contributed by atoms with van der Waals surface area (Å²) >= 11 is 3.52. The minimum atomic E-state index is -0.387. The van der Waals surface area contributed by atoms with Crippen LogP contribution in [0.15, 0.2) is 47.2 Å². The van der Waals surface area contributed by atoms with Gasteiger partial charge in [-0.1, -0.05) is 12.1 Å². The van der Waals surface area contributed by atoms with Crippen molar-refractivity contribution in [1.29, 1.82) is 0 Å². The number of amides is 1. The predicted octanol–water partition coefficient (Wildman–Crippen LogP) is 3.43. The van der Waals surface area contributed by atoms with Gasteiger partial charge >= 0.3 is 0 Å². The molecular weight excluding hydrogens is 367 g/mol. The molecule has 3 heterocycles. The van der Waals surface area contributed by atoms with Crippen LogP contribution in [0, 0.1) is 12.7 Å². The Bertz CT molecular complexity index is 920. The van der Waals surface area contributed by atoms with Crippen LogP contribution in [0.2, 0.25) is 0 Å². The van der Waals surface area contributed by atoms with E-state index in [1.165, 1.54) is 26.3 Å². The molecule has 1 aromatic carbocycles. The number of hydrogen-bond acceptors (Lipinski definition) is 3. The summed E-state index contributed by atoms with van der Waals surface area (Å²) in [6.07, 6.45) is 0.983. The molecule has 0 spiro atoms. The molecule has 4 rings (SSSR count). The quantitative estimate of drug-likeness (QED) is 0.707. The monoisotopic (exact) mass is 387 g/mol. The molecule has 0 saturated carbocycles. The highest BCUT2D eigenvalue weighted by Crippen LogP contribution is 2.31. The maximum atomic E-state index is 14.0. The molecule has 26 heavy (non-hydrogen) atoms. The summed E-state index contributed by atoms with van der Waals surface area (Å²) < 4.78 is 14.0. The number of carbonyl (C=O) groups is 1. The van der Waals surface area contributed by atoms with Crippen molar-refractivity contribution in [3.05, 3.63) is 73.9 Å². The third kappa shape index (κ3) is 3.45. The Labute approximate surface area is 160 Å². The second kappa shape index (κ2) is 7.31. The third-order valence-electron chi connectivity index (χ3n) is 4.79. The van der Waals surface area contributed by atoms with E-state index in [9.17, 15) is 9.18 Å². The average Bonchev–Trinajstić information content (AvgIpc) is 3.28. The first-order valence-electron chi connectivity index (χ1n) is 8.62. The Morgan fingerprint density at radius 2 is 2.15 bits per heavy atom. The van der Waals surface area contributed by atoms with Crippen LogP contribution in [0.4, 0.5) is 10.1 Å². The number of nitrogens with one attached hydrogen (secondary N) is 2. The molecular formula is C20H20FN2OS2+. The van der Waals surface area contributed by atoms with Gasteiger partial charge in [0.2, 0.25) is 0 Å². The molecule has 1 aliphatic heterocycles. The van der Waals surface area contributed by atoms with Gasteiger partial charge in [-0.25, -0.2) is 4.39 Å². The van der Waals surface area contributed by atoms with E-state index in [0.717, 1.165) is 18.5 Å². The zero-order chi connectivity index (χ0) is 18.1.